The smallest absolute Gasteiger partial charge is 0.244 e. The summed E-state index contributed by atoms with van der Waals surface area (Å²) in [6.45, 7) is 1.71. The van der Waals surface area contributed by atoms with Crippen LogP contribution in [0.25, 0.3) is 0 Å². The Morgan fingerprint density at radius 1 is 1.26 bits per heavy atom. The van der Waals surface area contributed by atoms with E-state index in [1.165, 1.54) is 6.07 Å². The topological polar surface area (TPSA) is 55.1 Å². The highest BCUT2D eigenvalue weighted by Gasteiger charge is 2.33. The van der Waals surface area contributed by atoms with Crippen LogP contribution in [-0.4, -0.2) is 5.91 Å². The zero-order valence-electron chi connectivity index (χ0n) is 12.9. The summed E-state index contributed by atoms with van der Waals surface area (Å²) in [4.78, 5) is 12.6. The molecule has 0 fully saturated rings. The summed E-state index contributed by atoms with van der Waals surface area (Å²) in [5.41, 5.74) is 7.85. The van der Waals surface area contributed by atoms with Crippen molar-refractivity contribution in [3.8, 4) is 0 Å². The Labute approximate surface area is 141 Å². The molecule has 3 rings (SSSR count). The van der Waals surface area contributed by atoms with E-state index in [4.69, 9.17) is 5.73 Å². The number of hydrogen-bond donors (Lipinski definition) is 2. The third kappa shape index (κ3) is 3.38. The van der Waals surface area contributed by atoms with Crippen LogP contribution in [-0.2, 0) is 16.8 Å². The lowest BCUT2D eigenvalue weighted by molar-refractivity contribution is -0.126. The summed E-state index contributed by atoms with van der Waals surface area (Å²) < 4.78 is 13.3. The lowest BCUT2D eigenvalue weighted by Crippen LogP contribution is -2.49. The van der Waals surface area contributed by atoms with Crippen LogP contribution in [0.2, 0.25) is 0 Å². The van der Waals surface area contributed by atoms with Crippen LogP contribution in [0.1, 0.15) is 36.1 Å². The normalized spacial score (nSPS) is 18.5. The molecule has 2 aromatic carbocycles. The van der Waals surface area contributed by atoms with Crippen molar-refractivity contribution in [2.45, 2.75) is 31.3 Å². The van der Waals surface area contributed by atoms with E-state index in [0.717, 1.165) is 29.5 Å². The van der Waals surface area contributed by atoms with E-state index in [2.05, 4.69) is 5.32 Å². The number of aryl methyl sites for hydroxylation is 1. The van der Waals surface area contributed by atoms with Gasteiger partial charge in [0.1, 0.15) is 11.4 Å². The SMILES string of the molecule is CC(N)(C(=O)NC1CCc2cc(F)ccc21)c1ccccc1.Cl. The van der Waals surface area contributed by atoms with Gasteiger partial charge in [-0.2, -0.15) is 0 Å². The average Bonchev–Trinajstić information content (AvgIpc) is 2.90. The van der Waals surface area contributed by atoms with E-state index in [0.29, 0.717) is 0 Å². The molecule has 2 atom stereocenters. The quantitative estimate of drug-likeness (QED) is 0.905. The highest BCUT2D eigenvalue weighted by molar-refractivity contribution is 5.87. The average molecular weight is 335 g/mol. The van der Waals surface area contributed by atoms with Crippen molar-refractivity contribution in [2.24, 2.45) is 5.73 Å². The molecule has 1 aliphatic rings. The van der Waals surface area contributed by atoms with Gasteiger partial charge in [-0.05, 0) is 48.6 Å². The Morgan fingerprint density at radius 3 is 2.65 bits per heavy atom. The van der Waals surface area contributed by atoms with Crippen molar-refractivity contribution >= 4 is 18.3 Å². The maximum Gasteiger partial charge on any atom is 0.244 e. The molecule has 0 bridgehead atoms. The van der Waals surface area contributed by atoms with Gasteiger partial charge in [-0.15, -0.1) is 12.4 Å². The van der Waals surface area contributed by atoms with Crippen LogP contribution < -0.4 is 11.1 Å². The Hall–Kier alpha value is -1.91. The van der Waals surface area contributed by atoms with Crippen LogP contribution in [0.4, 0.5) is 4.39 Å². The zero-order chi connectivity index (χ0) is 15.7. The first-order chi connectivity index (χ1) is 10.5. The second kappa shape index (κ2) is 6.69. The van der Waals surface area contributed by atoms with E-state index in [1.54, 1.807) is 19.1 Å². The summed E-state index contributed by atoms with van der Waals surface area (Å²) >= 11 is 0. The van der Waals surface area contributed by atoms with Crippen LogP contribution in [0, 0.1) is 5.82 Å². The Kier molecular flexibility index (Phi) is 5.07. The van der Waals surface area contributed by atoms with Gasteiger partial charge in [0, 0.05) is 0 Å². The number of halogens is 2. The largest absolute Gasteiger partial charge is 0.347 e. The van der Waals surface area contributed by atoms with Gasteiger partial charge in [0.05, 0.1) is 6.04 Å². The van der Waals surface area contributed by atoms with Crippen LogP contribution in [0.5, 0.6) is 0 Å². The molecule has 2 unspecified atom stereocenters. The number of hydrogen-bond acceptors (Lipinski definition) is 2. The summed E-state index contributed by atoms with van der Waals surface area (Å²) in [5.74, 6) is -0.459. The van der Waals surface area contributed by atoms with Gasteiger partial charge in [0.15, 0.2) is 0 Å². The fourth-order valence-electron chi connectivity index (χ4n) is 2.96. The van der Waals surface area contributed by atoms with Gasteiger partial charge >= 0.3 is 0 Å². The van der Waals surface area contributed by atoms with Crippen LogP contribution in [0.3, 0.4) is 0 Å². The first kappa shape index (κ1) is 17.4. The fourth-order valence-corrected chi connectivity index (χ4v) is 2.96. The van der Waals surface area contributed by atoms with Crippen molar-refractivity contribution < 1.29 is 9.18 Å². The molecule has 1 amide bonds. The van der Waals surface area contributed by atoms with E-state index in [9.17, 15) is 9.18 Å². The van der Waals surface area contributed by atoms with Crippen molar-refractivity contribution in [1.29, 1.82) is 0 Å². The highest BCUT2D eigenvalue weighted by Crippen LogP contribution is 2.32. The summed E-state index contributed by atoms with van der Waals surface area (Å²) in [5, 5.41) is 3.01. The molecule has 0 saturated heterocycles. The van der Waals surface area contributed by atoms with Crippen molar-refractivity contribution in [2.75, 3.05) is 0 Å². The molecule has 0 saturated carbocycles. The molecule has 2 aromatic rings. The van der Waals surface area contributed by atoms with E-state index in [-0.39, 0.29) is 30.2 Å². The van der Waals surface area contributed by atoms with Gasteiger partial charge in [-0.3, -0.25) is 4.79 Å². The minimum Gasteiger partial charge on any atom is -0.347 e. The third-order valence-electron chi connectivity index (χ3n) is 4.33. The molecular weight excluding hydrogens is 315 g/mol. The molecule has 122 valence electrons. The summed E-state index contributed by atoms with van der Waals surface area (Å²) in [6.07, 6.45) is 1.54. The number of rotatable bonds is 3. The second-order valence-corrected chi connectivity index (χ2v) is 5.98. The van der Waals surface area contributed by atoms with Crippen LogP contribution >= 0.6 is 12.4 Å². The summed E-state index contributed by atoms with van der Waals surface area (Å²) in [7, 11) is 0. The lowest BCUT2D eigenvalue weighted by atomic mass is 9.91. The Morgan fingerprint density at radius 2 is 1.96 bits per heavy atom. The van der Waals surface area contributed by atoms with Crippen LogP contribution in [0.15, 0.2) is 48.5 Å². The van der Waals surface area contributed by atoms with Gasteiger partial charge in [-0.25, -0.2) is 4.39 Å². The minimum atomic E-state index is -1.09. The molecule has 23 heavy (non-hydrogen) atoms. The molecule has 3 nitrogen and oxygen atoms in total. The lowest BCUT2D eigenvalue weighted by Gasteiger charge is -2.26. The second-order valence-electron chi connectivity index (χ2n) is 5.98. The number of benzene rings is 2. The maximum atomic E-state index is 13.3. The van der Waals surface area contributed by atoms with E-state index < -0.39 is 5.54 Å². The van der Waals surface area contributed by atoms with Crippen molar-refractivity contribution in [3.63, 3.8) is 0 Å². The molecule has 3 N–H and O–H groups in total. The molecule has 0 aliphatic heterocycles. The summed E-state index contributed by atoms with van der Waals surface area (Å²) in [6, 6.07) is 13.9. The fraction of sp³-hybridized carbons (Fsp3) is 0.278. The molecule has 0 aromatic heterocycles. The molecule has 5 heteroatoms. The first-order valence-electron chi connectivity index (χ1n) is 7.42. The number of carbonyl (C=O) groups excluding carboxylic acids is 1. The Bertz CT molecular complexity index is 703. The standard InChI is InChI=1S/C18H19FN2O.ClH/c1-18(20,13-5-3-2-4-6-13)17(22)21-16-10-7-12-11-14(19)8-9-15(12)16;/h2-6,8-9,11,16H,7,10,20H2,1H3,(H,21,22);1H. The third-order valence-corrected chi connectivity index (χ3v) is 4.33. The maximum absolute atomic E-state index is 13.3. The zero-order valence-corrected chi connectivity index (χ0v) is 13.7. The van der Waals surface area contributed by atoms with Gasteiger partial charge in [0.2, 0.25) is 5.91 Å². The number of nitrogens with one attached hydrogen (secondary N) is 1. The van der Waals surface area contributed by atoms with Crippen molar-refractivity contribution in [1.82, 2.24) is 5.32 Å². The first-order valence-corrected chi connectivity index (χ1v) is 7.42. The monoisotopic (exact) mass is 334 g/mol. The predicted molar refractivity (Wildman–Crippen MR) is 90.8 cm³/mol. The molecular formula is C18H20ClFN2O. The van der Waals surface area contributed by atoms with E-state index >= 15 is 0 Å². The minimum absolute atomic E-state index is 0. The molecule has 0 spiro atoms. The van der Waals surface area contributed by atoms with Crippen molar-refractivity contribution in [3.05, 3.63) is 71.0 Å². The van der Waals surface area contributed by atoms with Gasteiger partial charge in [0.25, 0.3) is 0 Å². The molecule has 0 heterocycles. The number of amides is 1. The van der Waals surface area contributed by atoms with Gasteiger partial charge < -0.3 is 11.1 Å². The van der Waals surface area contributed by atoms with E-state index in [1.807, 2.05) is 30.3 Å². The molecule has 0 radical (unpaired) electrons. The number of fused-ring (bicyclic) bond motifs is 1. The number of nitrogens with two attached hydrogens (primary N) is 1. The van der Waals surface area contributed by atoms with Gasteiger partial charge in [-0.1, -0.05) is 36.4 Å². The predicted octanol–water partition coefficient (Wildman–Crippen LogP) is 3.23. The number of carbonyl (C=O) groups is 1. The highest BCUT2D eigenvalue weighted by atomic mass is 35.5. The molecule has 1 aliphatic carbocycles. The Balaban J connectivity index is 0.00000192.